The molecule has 1 fully saturated rings. The Labute approximate surface area is 255 Å². The molecule has 0 aliphatic carbocycles. The van der Waals surface area contributed by atoms with Gasteiger partial charge in [-0.3, -0.25) is 14.2 Å². The van der Waals surface area contributed by atoms with Crippen LogP contribution in [-0.4, -0.2) is 92.5 Å². The van der Waals surface area contributed by atoms with Crippen molar-refractivity contribution in [2.75, 3.05) is 44.3 Å². The van der Waals surface area contributed by atoms with Gasteiger partial charge in [0.2, 0.25) is 5.91 Å². The number of benzene rings is 2. The maximum atomic E-state index is 13.5. The minimum Gasteiger partial charge on any atom is -0.449 e. The maximum absolute atomic E-state index is 13.5. The highest BCUT2D eigenvalue weighted by Gasteiger charge is 2.35. The molecule has 4 rings (SSSR count). The van der Waals surface area contributed by atoms with Crippen molar-refractivity contribution >= 4 is 31.3 Å². The second-order valence-corrected chi connectivity index (χ2v) is 12.0. The van der Waals surface area contributed by atoms with Crippen molar-refractivity contribution in [3.05, 3.63) is 78.0 Å². The Hall–Kier alpha value is -4.32. The molecule has 0 saturated carbocycles. The quantitative estimate of drug-likeness (QED) is 0.173. The van der Waals surface area contributed by atoms with Crippen LogP contribution in [0.25, 0.3) is 11.4 Å². The van der Waals surface area contributed by atoms with Gasteiger partial charge in [0.25, 0.3) is 5.91 Å². The number of unbranched alkanes of at least 4 members (excludes halogenated alkanes) is 1. The lowest BCUT2D eigenvalue weighted by Crippen LogP contribution is -2.56. The molecule has 1 aromatic heterocycles. The molecule has 2 aromatic carbocycles. The number of rotatable bonds is 12. The summed E-state index contributed by atoms with van der Waals surface area (Å²) < 4.78 is 17.2. The molecule has 14 heteroatoms. The van der Waals surface area contributed by atoms with Gasteiger partial charge in [0, 0.05) is 44.4 Å². The average molecular weight is 625 g/mol. The van der Waals surface area contributed by atoms with Crippen LogP contribution < -0.4 is 10.6 Å². The Morgan fingerprint density at radius 3 is 2.23 bits per heavy atom. The monoisotopic (exact) mass is 624 g/mol. The van der Waals surface area contributed by atoms with Crippen molar-refractivity contribution in [3.8, 4) is 11.4 Å². The summed E-state index contributed by atoms with van der Waals surface area (Å²) in [5.74, 6) is -0.848. The van der Waals surface area contributed by atoms with Crippen LogP contribution in [0.5, 0.6) is 0 Å². The van der Waals surface area contributed by atoms with E-state index in [0.29, 0.717) is 24.5 Å². The molecule has 44 heavy (non-hydrogen) atoms. The second-order valence-electron chi connectivity index (χ2n) is 10.3. The summed E-state index contributed by atoms with van der Waals surface area (Å²) in [6.07, 6.45) is 0.265. The van der Waals surface area contributed by atoms with Crippen molar-refractivity contribution in [1.29, 1.82) is 0 Å². The van der Waals surface area contributed by atoms with Crippen LogP contribution in [0, 0.1) is 0 Å². The van der Waals surface area contributed by atoms with Gasteiger partial charge in [-0.1, -0.05) is 74.0 Å². The van der Waals surface area contributed by atoms with E-state index in [1.54, 1.807) is 12.1 Å². The molecule has 1 unspecified atom stereocenters. The zero-order chi connectivity index (χ0) is 31.5. The summed E-state index contributed by atoms with van der Waals surface area (Å²) >= 11 is 0. The first-order valence-corrected chi connectivity index (χ1v) is 16.2. The minimum absolute atomic E-state index is 0.0856. The Morgan fingerprint density at radius 1 is 0.955 bits per heavy atom. The van der Waals surface area contributed by atoms with Crippen molar-refractivity contribution in [1.82, 2.24) is 25.1 Å². The SMILES string of the molecule is CCCCOC(=O)N1CCN(C(=O)C(CP(=O)(O)O)NC(=O)c2cc(NCc3ccccc3)nc(-c3ccccc3)n2)CC1. The van der Waals surface area contributed by atoms with Crippen molar-refractivity contribution in [2.45, 2.75) is 32.4 Å². The number of hydrogen-bond donors (Lipinski definition) is 4. The molecule has 0 spiro atoms. The summed E-state index contributed by atoms with van der Waals surface area (Å²) in [4.78, 5) is 70.5. The number of nitrogens with one attached hydrogen (secondary N) is 2. The summed E-state index contributed by atoms with van der Waals surface area (Å²) in [6.45, 7) is 3.34. The Bertz CT molecular complexity index is 1460. The van der Waals surface area contributed by atoms with Crippen LogP contribution in [0.3, 0.4) is 0 Å². The van der Waals surface area contributed by atoms with E-state index in [1.807, 2.05) is 55.5 Å². The van der Waals surface area contributed by atoms with Crippen molar-refractivity contribution < 1.29 is 33.5 Å². The van der Waals surface area contributed by atoms with E-state index in [2.05, 4.69) is 20.6 Å². The predicted octanol–water partition coefficient (Wildman–Crippen LogP) is 3.11. The van der Waals surface area contributed by atoms with Gasteiger partial charge >= 0.3 is 13.7 Å². The fraction of sp³-hybridized carbons (Fsp3) is 0.367. The summed E-state index contributed by atoms with van der Waals surface area (Å²) in [6, 6.07) is 18.5. The molecular formula is C30H37N6O7P. The highest BCUT2D eigenvalue weighted by atomic mass is 31.2. The maximum Gasteiger partial charge on any atom is 0.409 e. The largest absolute Gasteiger partial charge is 0.449 e. The van der Waals surface area contributed by atoms with E-state index in [4.69, 9.17) is 4.74 Å². The van der Waals surface area contributed by atoms with Crippen LogP contribution in [0.2, 0.25) is 0 Å². The third kappa shape index (κ3) is 9.60. The second kappa shape index (κ2) is 15.4. The molecule has 13 nitrogen and oxygen atoms in total. The zero-order valence-corrected chi connectivity index (χ0v) is 25.4. The predicted molar refractivity (Wildman–Crippen MR) is 164 cm³/mol. The van der Waals surface area contributed by atoms with E-state index in [0.717, 1.165) is 18.4 Å². The highest BCUT2D eigenvalue weighted by Crippen LogP contribution is 2.35. The molecular weight excluding hydrogens is 587 g/mol. The van der Waals surface area contributed by atoms with Gasteiger partial charge in [-0.05, 0) is 12.0 Å². The molecule has 0 radical (unpaired) electrons. The van der Waals surface area contributed by atoms with Gasteiger partial charge in [-0.2, -0.15) is 0 Å². The van der Waals surface area contributed by atoms with E-state index in [-0.39, 0.29) is 37.7 Å². The van der Waals surface area contributed by atoms with Gasteiger partial charge in [0.05, 0.1) is 12.8 Å². The standard InChI is InChI=1S/C30H37N6O7P/c1-2-3-18-43-30(39)36-16-14-35(15-17-36)29(38)25(21-44(40,41)42)33-28(37)24-19-26(31-20-22-10-6-4-7-11-22)34-27(32-24)23-12-8-5-9-13-23/h4-13,19,25H,2-3,14-18,20-21H2,1H3,(H,33,37)(H,31,32,34)(H2,40,41,42). The number of carbonyl (C=O) groups is 3. The highest BCUT2D eigenvalue weighted by molar-refractivity contribution is 7.51. The minimum atomic E-state index is -4.72. The Morgan fingerprint density at radius 2 is 1.59 bits per heavy atom. The molecule has 1 aliphatic rings. The first-order valence-electron chi connectivity index (χ1n) is 14.4. The third-order valence-corrected chi connectivity index (χ3v) is 7.74. The first kappa shape index (κ1) is 32.6. The van der Waals surface area contributed by atoms with Crippen molar-refractivity contribution in [3.63, 3.8) is 0 Å². The van der Waals surface area contributed by atoms with E-state index in [9.17, 15) is 28.7 Å². The third-order valence-electron chi connectivity index (χ3n) is 6.90. The van der Waals surface area contributed by atoms with Crippen LogP contribution in [0.1, 0.15) is 35.8 Å². The van der Waals surface area contributed by atoms with Gasteiger partial charge < -0.3 is 35.0 Å². The van der Waals surface area contributed by atoms with E-state index >= 15 is 0 Å². The summed E-state index contributed by atoms with van der Waals surface area (Å²) in [5.41, 5.74) is 1.55. The van der Waals surface area contributed by atoms with E-state index in [1.165, 1.54) is 15.9 Å². The zero-order valence-electron chi connectivity index (χ0n) is 24.5. The van der Waals surface area contributed by atoms with Gasteiger partial charge in [0.15, 0.2) is 5.82 Å². The summed E-state index contributed by atoms with van der Waals surface area (Å²) in [7, 11) is -4.72. The normalized spacial score (nSPS) is 14.1. The Kier molecular flexibility index (Phi) is 11.4. The van der Waals surface area contributed by atoms with Gasteiger partial charge in [-0.25, -0.2) is 14.8 Å². The van der Waals surface area contributed by atoms with E-state index < -0.39 is 37.7 Å². The first-order chi connectivity index (χ1) is 21.1. The topological polar surface area (TPSA) is 174 Å². The van der Waals surface area contributed by atoms with Crippen LogP contribution in [0.15, 0.2) is 66.7 Å². The smallest absolute Gasteiger partial charge is 0.409 e. The lowest BCUT2D eigenvalue weighted by atomic mass is 10.2. The lowest BCUT2D eigenvalue weighted by molar-refractivity contribution is -0.134. The fourth-order valence-electron chi connectivity index (χ4n) is 4.54. The number of amides is 3. The number of ether oxygens (including phenoxy) is 1. The van der Waals surface area contributed by atoms with Crippen LogP contribution in [-0.2, 0) is 20.6 Å². The molecule has 4 N–H and O–H groups in total. The van der Waals surface area contributed by atoms with Crippen LogP contribution >= 0.6 is 7.60 Å². The lowest BCUT2D eigenvalue weighted by Gasteiger charge is -2.36. The average Bonchev–Trinajstić information content (AvgIpc) is 3.03. The molecule has 1 atom stereocenters. The molecule has 3 aromatic rings. The molecule has 1 saturated heterocycles. The molecule has 0 bridgehead atoms. The molecule has 1 aliphatic heterocycles. The summed E-state index contributed by atoms with van der Waals surface area (Å²) in [5, 5.41) is 5.68. The number of anilines is 1. The fourth-order valence-corrected chi connectivity index (χ4v) is 5.26. The molecule has 234 valence electrons. The number of carbonyl (C=O) groups excluding carboxylic acids is 3. The molecule has 2 heterocycles. The Balaban J connectivity index is 1.50. The van der Waals surface area contributed by atoms with Crippen molar-refractivity contribution in [2.24, 2.45) is 0 Å². The van der Waals surface area contributed by atoms with Crippen LogP contribution in [0.4, 0.5) is 10.6 Å². The van der Waals surface area contributed by atoms with Gasteiger partial charge in [0.1, 0.15) is 17.6 Å². The molecule has 3 amide bonds. The number of piperazine rings is 1. The number of aromatic nitrogens is 2. The number of hydrogen-bond acceptors (Lipinski definition) is 8. The van der Waals surface area contributed by atoms with Gasteiger partial charge in [-0.15, -0.1) is 0 Å². The number of nitrogens with zero attached hydrogens (tertiary/aromatic N) is 4.